The van der Waals surface area contributed by atoms with Gasteiger partial charge in [0.15, 0.2) is 0 Å². The molecule has 26 valence electrons. The largest absolute Gasteiger partial charge is 2.00 e. The average molecular weight is 142 g/mol. The van der Waals surface area contributed by atoms with E-state index in [-0.39, 0.29) is 58.5 Å². The second-order valence-corrected chi connectivity index (χ2v) is 0. The topological polar surface area (TPSA) is 28.5 Å². The molecule has 2 radical (unpaired) electrons. The van der Waals surface area contributed by atoms with Crippen molar-refractivity contribution in [3.63, 3.8) is 0 Å². The Balaban J connectivity index is 0. The number of hydrogen-bond donors (Lipinski definition) is 0. The van der Waals surface area contributed by atoms with Crippen LogP contribution in [0.15, 0.2) is 0 Å². The SMILES string of the molecule is [Cu].[LiH].[Mn+2].[O-2]. The molecule has 4 heavy (non-hydrogen) atoms. The Bertz CT molecular complexity index is 8.00. The zero-order valence-electron chi connectivity index (χ0n) is 1.09. The molecule has 0 amide bonds. The Hall–Kier alpha value is 1.60. The summed E-state index contributed by atoms with van der Waals surface area (Å²) in [6.45, 7) is 0. The molecule has 0 aromatic rings. The molecular weight excluding hydrogens is 141 g/mol. The van der Waals surface area contributed by atoms with Gasteiger partial charge in [0.2, 0.25) is 0 Å². The van der Waals surface area contributed by atoms with Crippen LogP contribution in [0.3, 0.4) is 0 Å². The molecule has 0 fully saturated rings. The van der Waals surface area contributed by atoms with Gasteiger partial charge in [0.05, 0.1) is 0 Å². The Kier molecular flexibility index (Phi) is 271. The predicted octanol–water partition coefficient (Wildman–Crippen LogP) is -0.772. The van der Waals surface area contributed by atoms with E-state index < -0.39 is 0 Å². The molecule has 0 aromatic carbocycles. The van der Waals surface area contributed by atoms with E-state index in [0.29, 0.717) is 0 Å². The van der Waals surface area contributed by atoms with Gasteiger partial charge in [-0.25, -0.2) is 0 Å². The van der Waals surface area contributed by atoms with Crippen LogP contribution in [0.4, 0.5) is 0 Å². The Labute approximate surface area is 58.3 Å². The molecule has 1 nitrogen and oxygen atoms in total. The van der Waals surface area contributed by atoms with Crippen LogP contribution in [0, 0.1) is 0 Å². The second-order valence-electron chi connectivity index (χ2n) is 0. The van der Waals surface area contributed by atoms with Crippen LogP contribution >= 0.6 is 0 Å². The van der Waals surface area contributed by atoms with Crippen molar-refractivity contribution in [3.8, 4) is 0 Å². The van der Waals surface area contributed by atoms with Gasteiger partial charge in [-0.05, 0) is 0 Å². The Morgan fingerprint density at radius 2 is 1.00 bits per heavy atom. The first kappa shape index (κ1) is 46.4. The van der Waals surface area contributed by atoms with Crippen LogP contribution < -0.4 is 0 Å². The van der Waals surface area contributed by atoms with E-state index in [1.165, 1.54) is 0 Å². The quantitative estimate of drug-likeness (QED) is 0.398. The van der Waals surface area contributed by atoms with Crippen LogP contribution in [-0.4, -0.2) is 18.9 Å². The minimum absolute atomic E-state index is 0. The molecule has 0 N–H and O–H groups in total. The molecule has 0 atom stereocenters. The molecule has 0 heterocycles. The molecule has 4 heteroatoms. The van der Waals surface area contributed by atoms with Crippen molar-refractivity contribution in [2.75, 3.05) is 0 Å². The monoisotopic (exact) mass is 142 g/mol. The van der Waals surface area contributed by atoms with Crippen molar-refractivity contribution in [2.24, 2.45) is 0 Å². The summed E-state index contributed by atoms with van der Waals surface area (Å²) in [6.07, 6.45) is 0. The van der Waals surface area contributed by atoms with Gasteiger partial charge < -0.3 is 5.48 Å². The second kappa shape index (κ2) is 23.3. The third-order valence-electron chi connectivity index (χ3n) is 0. The summed E-state index contributed by atoms with van der Waals surface area (Å²) >= 11 is 0. The van der Waals surface area contributed by atoms with E-state index in [1.807, 2.05) is 0 Å². The van der Waals surface area contributed by atoms with Crippen LogP contribution in [0.5, 0.6) is 0 Å². The fraction of sp³-hybridized carbons (Fsp3) is 0. The molecule has 0 aliphatic rings. The van der Waals surface area contributed by atoms with E-state index in [0.717, 1.165) is 0 Å². The molecule has 0 bridgehead atoms. The first-order chi connectivity index (χ1) is 0. The first-order valence-corrected chi connectivity index (χ1v) is 0. The molecule has 0 aliphatic heterocycles. The summed E-state index contributed by atoms with van der Waals surface area (Å²) in [5.41, 5.74) is 0. The molecule has 0 unspecified atom stereocenters. The van der Waals surface area contributed by atoms with Crippen molar-refractivity contribution in [2.45, 2.75) is 0 Å². The van der Waals surface area contributed by atoms with Crippen molar-refractivity contribution in [3.05, 3.63) is 0 Å². The van der Waals surface area contributed by atoms with Gasteiger partial charge in [-0.3, -0.25) is 0 Å². The van der Waals surface area contributed by atoms with Crippen molar-refractivity contribution in [1.82, 2.24) is 0 Å². The van der Waals surface area contributed by atoms with Gasteiger partial charge in [-0.1, -0.05) is 0 Å². The smallest absolute Gasteiger partial charge is 2.00 e. The molecular formula is HCuLiMnO. The zero-order valence-corrected chi connectivity index (χ0v) is 3.21. The van der Waals surface area contributed by atoms with Crippen LogP contribution in [0.2, 0.25) is 0 Å². The van der Waals surface area contributed by atoms with Gasteiger partial charge in [0, 0.05) is 17.1 Å². The van der Waals surface area contributed by atoms with Crippen LogP contribution in [0.1, 0.15) is 0 Å². The summed E-state index contributed by atoms with van der Waals surface area (Å²) in [4.78, 5) is 0. The van der Waals surface area contributed by atoms with Gasteiger partial charge >= 0.3 is 35.9 Å². The molecule has 0 aliphatic carbocycles. The normalized spacial score (nSPS) is 0. The molecule has 0 spiro atoms. The maximum Gasteiger partial charge on any atom is 2.00 e. The molecule has 0 rings (SSSR count). The van der Waals surface area contributed by atoms with Gasteiger partial charge in [-0.2, -0.15) is 0 Å². The van der Waals surface area contributed by atoms with Crippen LogP contribution in [0.25, 0.3) is 0 Å². The van der Waals surface area contributed by atoms with Crippen molar-refractivity contribution < 1.29 is 39.6 Å². The zero-order chi connectivity index (χ0) is 0. The third-order valence-corrected chi connectivity index (χ3v) is 0. The van der Waals surface area contributed by atoms with Crippen LogP contribution in [-0.2, 0) is 39.6 Å². The van der Waals surface area contributed by atoms with E-state index in [4.69, 9.17) is 0 Å². The van der Waals surface area contributed by atoms with E-state index in [1.54, 1.807) is 0 Å². The maximum atomic E-state index is 0. The first-order valence-electron chi connectivity index (χ1n) is 0. The molecule has 0 saturated heterocycles. The summed E-state index contributed by atoms with van der Waals surface area (Å²) in [5, 5.41) is 0. The third kappa shape index (κ3) is 9.51. The van der Waals surface area contributed by atoms with E-state index >= 15 is 0 Å². The van der Waals surface area contributed by atoms with Gasteiger partial charge in [-0.15, -0.1) is 0 Å². The number of rotatable bonds is 0. The maximum absolute atomic E-state index is 0. The van der Waals surface area contributed by atoms with Gasteiger partial charge in [0.1, 0.15) is 0 Å². The van der Waals surface area contributed by atoms with E-state index in [9.17, 15) is 0 Å². The molecule has 0 aromatic heterocycles. The summed E-state index contributed by atoms with van der Waals surface area (Å²) in [7, 11) is 0. The van der Waals surface area contributed by atoms with Gasteiger partial charge in [0.25, 0.3) is 0 Å². The Morgan fingerprint density at radius 1 is 1.00 bits per heavy atom. The van der Waals surface area contributed by atoms with E-state index in [2.05, 4.69) is 0 Å². The molecule has 0 saturated carbocycles. The standard InChI is InChI=1S/Cu.Li.Mn.O.H/q;;+2;-2;. The summed E-state index contributed by atoms with van der Waals surface area (Å²) in [5.74, 6) is 0. The summed E-state index contributed by atoms with van der Waals surface area (Å²) < 4.78 is 0. The number of hydrogen-bond acceptors (Lipinski definition) is 0. The van der Waals surface area contributed by atoms with Crippen molar-refractivity contribution in [1.29, 1.82) is 0 Å². The fourth-order valence-corrected chi connectivity index (χ4v) is 0. The minimum Gasteiger partial charge on any atom is -2.00 e. The summed E-state index contributed by atoms with van der Waals surface area (Å²) in [6, 6.07) is 0. The average Bonchev–Trinajstić information content (AvgIpc) is 0. The fourth-order valence-electron chi connectivity index (χ4n) is 0. The van der Waals surface area contributed by atoms with Crippen molar-refractivity contribution >= 4 is 18.9 Å². The minimum atomic E-state index is 0. The predicted molar refractivity (Wildman–Crippen MR) is 7.84 cm³/mol. The Morgan fingerprint density at radius 3 is 1.00 bits per heavy atom.